The molecule has 2 aliphatic rings. The van der Waals surface area contributed by atoms with Crippen LogP contribution in [0.5, 0.6) is 0 Å². The molecule has 10 heteroatoms. The van der Waals surface area contributed by atoms with Crippen molar-refractivity contribution < 1.29 is 33.5 Å². The highest BCUT2D eigenvalue weighted by Gasteiger charge is 2.41. The smallest absolute Gasteiger partial charge is 0.346 e. The molecule has 166 valence electrons. The van der Waals surface area contributed by atoms with E-state index in [4.69, 9.17) is 17.1 Å². The molecule has 2 aromatic rings. The van der Waals surface area contributed by atoms with Crippen LogP contribution in [0.15, 0.2) is 42.4 Å². The molecular weight excluding hydrogens is 444 g/mol. The van der Waals surface area contributed by atoms with Gasteiger partial charge in [-0.3, -0.25) is 24.5 Å². The molecule has 0 aliphatic carbocycles. The molecule has 1 saturated heterocycles. The quantitative estimate of drug-likeness (QED) is 0.663. The van der Waals surface area contributed by atoms with Gasteiger partial charge in [0.2, 0.25) is 11.8 Å². The van der Waals surface area contributed by atoms with E-state index < -0.39 is 66.3 Å². The lowest BCUT2D eigenvalue weighted by Crippen LogP contribution is -2.52. The molecule has 2 heterocycles. The molecule has 0 saturated carbocycles. The van der Waals surface area contributed by atoms with E-state index in [1.54, 1.807) is 0 Å². The van der Waals surface area contributed by atoms with Crippen molar-refractivity contribution in [3.63, 3.8) is 0 Å². The van der Waals surface area contributed by atoms with Gasteiger partial charge in [-0.2, -0.15) is 8.78 Å². The summed E-state index contributed by atoms with van der Waals surface area (Å²) in [5.74, 6) is -8.12. The van der Waals surface area contributed by atoms with E-state index in [9.17, 15) is 28.0 Å². The minimum absolute atomic E-state index is 0.0396. The summed E-state index contributed by atoms with van der Waals surface area (Å²) in [4.78, 5) is 50.0. The second kappa shape index (κ2) is 8.31. The van der Waals surface area contributed by atoms with Gasteiger partial charge in [0.1, 0.15) is 6.04 Å². The molecule has 32 heavy (non-hydrogen) atoms. The number of imide groups is 1. The Morgan fingerprint density at radius 3 is 2.72 bits per heavy atom. The van der Waals surface area contributed by atoms with Crippen LogP contribution in [0, 0.1) is 0 Å². The number of amides is 4. The zero-order valence-corrected chi connectivity index (χ0v) is 17.1. The topological polar surface area (TPSA) is 95.6 Å². The number of benzene rings is 2. The van der Waals surface area contributed by atoms with Crippen LogP contribution in [0.1, 0.15) is 44.0 Å². The number of carbonyl (C=O) groups excluding carboxylic acids is 4. The first kappa shape index (κ1) is 17.3. The maximum atomic E-state index is 14.7. The van der Waals surface area contributed by atoms with E-state index in [0.717, 1.165) is 23.1 Å². The lowest BCUT2D eigenvalue weighted by molar-refractivity contribution is -0.147. The van der Waals surface area contributed by atoms with Gasteiger partial charge in [-0.15, -0.1) is 0 Å². The molecule has 1 fully saturated rings. The summed E-state index contributed by atoms with van der Waals surface area (Å²) in [6, 6.07) is 3.13. The average Bonchev–Trinajstić information content (AvgIpc) is 3.08. The zero-order chi connectivity index (χ0) is 26.5. The van der Waals surface area contributed by atoms with E-state index in [2.05, 4.69) is 5.32 Å². The number of nitrogens with zero attached hydrogens (tertiary/aromatic N) is 1. The Hall–Kier alpha value is -3.33. The molecule has 4 rings (SSSR count). The van der Waals surface area contributed by atoms with Crippen LogP contribution >= 0.6 is 11.6 Å². The number of rotatable bonds is 5. The third kappa shape index (κ3) is 4.08. The maximum Gasteiger partial charge on any atom is 0.349 e. The molecule has 0 aromatic heterocycles. The van der Waals surface area contributed by atoms with Crippen LogP contribution in [0.2, 0.25) is 6.43 Å². The molecule has 0 radical (unpaired) electrons. The molecular formula is C22H18ClF2N3O4. The van der Waals surface area contributed by atoms with Crippen LogP contribution in [-0.2, 0) is 33.4 Å². The van der Waals surface area contributed by atoms with Crippen LogP contribution in [-0.4, -0.2) is 34.6 Å². The van der Waals surface area contributed by atoms with E-state index in [1.807, 2.05) is 0 Å². The monoisotopic (exact) mass is 465 g/mol. The minimum Gasteiger partial charge on any atom is -0.346 e. The molecule has 0 bridgehead atoms. The van der Waals surface area contributed by atoms with Crippen molar-refractivity contribution in [2.24, 2.45) is 0 Å². The zero-order valence-electron chi connectivity index (χ0n) is 20.3. The summed E-state index contributed by atoms with van der Waals surface area (Å²) in [7, 11) is 0. The second-order valence-corrected chi connectivity index (χ2v) is 7.68. The van der Waals surface area contributed by atoms with Crippen molar-refractivity contribution >= 4 is 35.2 Å². The fraction of sp³-hybridized carbons (Fsp3) is 0.273. The molecule has 2 aromatic carbocycles. The summed E-state index contributed by atoms with van der Waals surface area (Å²) < 4.78 is 62.4. The summed E-state index contributed by atoms with van der Waals surface area (Å²) in [6.07, 6.45) is -0.101. The lowest BCUT2D eigenvalue weighted by atomic mass is 10.0. The van der Waals surface area contributed by atoms with Gasteiger partial charge >= 0.3 is 5.92 Å². The van der Waals surface area contributed by atoms with Crippen molar-refractivity contribution in [3.05, 3.63) is 69.7 Å². The number of piperidine rings is 1. The Morgan fingerprint density at radius 2 is 2.03 bits per heavy atom. The normalized spacial score (nSPS) is 22.5. The van der Waals surface area contributed by atoms with Crippen molar-refractivity contribution in [1.82, 2.24) is 15.5 Å². The van der Waals surface area contributed by atoms with E-state index >= 15 is 0 Å². The van der Waals surface area contributed by atoms with Gasteiger partial charge < -0.3 is 10.2 Å². The van der Waals surface area contributed by atoms with Crippen molar-refractivity contribution in [2.45, 2.75) is 37.9 Å². The van der Waals surface area contributed by atoms with E-state index in [-0.39, 0.29) is 39.9 Å². The number of fused-ring (bicyclic) bond motifs is 1. The third-order valence-corrected chi connectivity index (χ3v) is 5.34. The van der Waals surface area contributed by atoms with Gasteiger partial charge in [-0.05, 0) is 35.7 Å². The first-order valence-electron chi connectivity index (χ1n) is 11.5. The standard InChI is InChI=1S/C22H18ClF2N3O4/c23-15-4-2-14(3-5-15)22(24,25)21(32)26-10-12-1-6-16-13(9-12)11-28(20(16)31)17-7-8-18(29)27-19(17)30/h1-6,9,17H,7-8,10-11H2,(H,26,32)(H,27,29,30)/i6D,9D,11D/hD. The number of halogens is 3. The minimum atomic E-state index is -4.08. The predicted octanol–water partition coefficient (Wildman–Crippen LogP) is 2.51. The molecule has 2 unspecified atom stereocenters. The van der Waals surface area contributed by atoms with Gasteiger partial charge in [-0.25, -0.2) is 0 Å². The van der Waals surface area contributed by atoms with E-state index in [0.29, 0.717) is 0 Å². The van der Waals surface area contributed by atoms with Gasteiger partial charge in [0.15, 0.2) is 1.41 Å². The van der Waals surface area contributed by atoms with Crippen LogP contribution < -0.4 is 10.6 Å². The molecule has 2 aliphatic heterocycles. The summed E-state index contributed by atoms with van der Waals surface area (Å²) >= 11 is 5.69. The van der Waals surface area contributed by atoms with Gasteiger partial charge in [-0.1, -0.05) is 35.8 Å². The average molecular weight is 466 g/mol. The van der Waals surface area contributed by atoms with Gasteiger partial charge in [0, 0.05) is 35.6 Å². The van der Waals surface area contributed by atoms with Crippen molar-refractivity contribution in [3.8, 4) is 0 Å². The Labute approximate surface area is 192 Å². The van der Waals surface area contributed by atoms with Crippen molar-refractivity contribution in [2.75, 3.05) is 0 Å². The summed E-state index contributed by atoms with van der Waals surface area (Å²) in [5, 5.41) is 2.21. The highest BCUT2D eigenvalue weighted by atomic mass is 35.5. The predicted molar refractivity (Wildman–Crippen MR) is 110 cm³/mol. The maximum absolute atomic E-state index is 14.7. The highest BCUT2D eigenvalue weighted by Crippen LogP contribution is 2.30. The molecule has 7 nitrogen and oxygen atoms in total. The van der Waals surface area contributed by atoms with Crippen molar-refractivity contribution in [1.29, 1.82) is 0 Å². The van der Waals surface area contributed by atoms with Crippen LogP contribution in [0.3, 0.4) is 0 Å². The number of hydrogen-bond acceptors (Lipinski definition) is 4. The third-order valence-electron chi connectivity index (χ3n) is 5.09. The largest absolute Gasteiger partial charge is 0.349 e. The molecule has 2 atom stereocenters. The summed E-state index contributed by atoms with van der Waals surface area (Å²) in [6.45, 7) is -2.40. The fourth-order valence-electron chi connectivity index (χ4n) is 3.41. The number of carbonyl (C=O) groups is 4. The Balaban J connectivity index is 1.62. The van der Waals surface area contributed by atoms with Crippen LogP contribution in [0.25, 0.3) is 0 Å². The first-order chi connectivity index (χ1) is 16.8. The summed E-state index contributed by atoms with van der Waals surface area (Å²) in [5.41, 5.74) is -1.43. The van der Waals surface area contributed by atoms with Gasteiger partial charge in [0.25, 0.3) is 11.8 Å². The number of nitrogens with one attached hydrogen (secondary N) is 2. The fourth-order valence-corrected chi connectivity index (χ4v) is 3.54. The molecule has 2 N–H and O–H groups in total. The van der Waals surface area contributed by atoms with Gasteiger partial charge in [0.05, 0.1) is 4.11 Å². The first-order valence-corrected chi connectivity index (χ1v) is 9.88. The number of hydrogen-bond donors (Lipinski definition) is 2. The SMILES string of the molecule is [2H]c1cc(CN([2H])C(=O)C(F)(F)c2ccc(Cl)cc2)c([2H])c2c1C(=O)N(C1CCC(=O)NC1=O)C2[2H]. The Morgan fingerprint density at radius 1 is 1.31 bits per heavy atom. The second-order valence-electron chi connectivity index (χ2n) is 7.24. The molecule has 4 amide bonds. The lowest BCUT2D eigenvalue weighted by Gasteiger charge is -2.29. The Bertz CT molecular complexity index is 1300. The highest BCUT2D eigenvalue weighted by molar-refractivity contribution is 6.30. The van der Waals surface area contributed by atoms with Crippen LogP contribution in [0.4, 0.5) is 8.78 Å². The Kier molecular flexibility index (Phi) is 4.48. The van der Waals surface area contributed by atoms with E-state index in [1.165, 1.54) is 12.1 Å². The number of alkyl halides is 2. The molecule has 0 spiro atoms.